The summed E-state index contributed by atoms with van der Waals surface area (Å²) < 4.78 is 0. The molecule has 0 bridgehead atoms. The van der Waals surface area contributed by atoms with Crippen LogP contribution in [0.1, 0.15) is 17.1 Å². The van der Waals surface area contributed by atoms with E-state index in [0.717, 1.165) is 56.0 Å². The summed E-state index contributed by atoms with van der Waals surface area (Å²) in [5.41, 5.74) is 3.45. The van der Waals surface area contributed by atoms with Gasteiger partial charge in [0.05, 0.1) is 0 Å². The summed E-state index contributed by atoms with van der Waals surface area (Å²) in [7, 11) is 5.84. The SMILES string of the molecule is CNCCc1ccccn1.CNCCc1ccccn1.CNCCc1ccccn1. The van der Waals surface area contributed by atoms with Gasteiger partial charge in [-0.3, -0.25) is 15.0 Å². The van der Waals surface area contributed by atoms with Gasteiger partial charge in [0.1, 0.15) is 0 Å². The van der Waals surface area contributed by atoms with Crippen molar-refractivity contribution in [2.75, 3.05) is 40.8 Å². The molecule has 3 aromatic rings. The van der Waals surface area contributed by atoms with E-state index in [1.807, 2.05) is 94.3 Å². The van der Waals surface area contributed by atoms with Gasteiger partial charge in [0.25, 0.3) is 0 Å². The summed E-state index contributed by atoms with van der Waals surface area (Å²) in [6.07, 6.45) is 8.51. The van der Waals surface area contributed by atoms with Crippen molar-refractivity contribution in [3.63, 3.8) is 0 Å². The molecule has 3 rings (SSSR count). The molecule has 0 saturated carbocycles. The molecule has 0 spiro atoms. The molecule has 0 aliphatic heterocycles. The summed E-state index contributed by atoms with van der Waals surface area (Å²) in [5.74, 6) is 0. The van der Waals surface area contributed by atoms with Gasteiger partial charge < -0.3 is 16.0 Å². The van der Waals surface area contributed by atoms with Crippen molar-refractivity contribution in [2.45, 2.75) is 19.3 Å². The molecule has 0 fully saturated rings. The molecule has 0 aliphatic carbocycles. The van der Waals surface area contributed by atoms with Gasteiger partial charge in [-0.05, 0) is 57.5 Å². The maximum atomic E-state index is 4.18. The van der Waals surface area contributed by atoms with Crippen molar-refractivity contribution in [2.24, 2.45) is 0 Å². The molecule has 0 aromatic carbocycles. The smallest absolute Gasteiger partial charge is 0.0416 e. The van der Waals surface area contributed by atoms with Gasteiger partial charge in [-0.2, -0.15) is 0 Å². The molecule has 6 heteroatoms. The summed E-state index contributed by atoms with van der Waals surface area (Å²) in [6, 6.07) is 18.0. The fourth-order valence-corrected chi connectivity index (χ4v) is 2.40. The highest BCUT2D eigenvalue weighted by atomic mass is 14.8. The normalized spacial score (nSPS) is 9.70. The molecule has 0 amide bonds. The molecule has 6 nitrogen and oxygen atoms in total. The van der Waals surface area contributed by atoms with Crippen molar-refractivity contribution < 1.29 is 0 Å². The number of nitrogens with zero attached hydrogens (tertiary/aromatic N) is 3. The molecular weight excluding hydrogens is 372 g/mol. The number of nitrogens with one attached hydrogen (secondary N) is 3. The topological polar surface area (TPSA) is 74.8 Å². The molecule has 30 heavy (non-hydrogen) atoms. The monoisotopic (exact) mass is 408 g/mol. The van der Waals surface area contributed by atoms with E-state index in [0.29, 0.717) is 0 Å². The van der Waals surface area contributed by atoms with Crippen molar-refractivity contribution >= 4 is 0 Å². The zero-order valence-corrected chi connectivity index (χ0v) is 18.5. The van der Waals surface area contributed by atoms with Crippen molar-refractivity contribution in [3.8, 4) is 0 Å². The highest BCUT2D eigenvalue weighted by Gasteiger charge is 1.90. The molecule has 3 aromatic heterocycles. The average Bonchev–Trinajstić information content (AvgIpc) is 2.83. The number of pyridine rings is 3. The van der Waals surface area contributed by atoms with Crippen molar-refractivity contribution in [1.82, 2.24) is 30.9 Å². The fraction of sp³-hybridized carbons (Fsp3) is 0.375. The largest absolute Gasteiger partial charge is 0.319 e. The molecule has 162 valence electrons. The van der Waals surface area contributed by atoms with Crippen LogP contribution in [-0.2, 0) is 19.3 Å². The lowest BCUT2D eigenvalue weighted by atomic mass is 10.3. The minimum Gasteiger partial charge on any atom is -0.319 e. The second kappa shape index (κ2) is 18.4. The Balaban J connectivity index is 0.000000225. The van der Waals surface area contributed by atoms with Gasteiger partial charge >= 0.3 is 0 Å². The van der Waals surface area contributed by atoms with E-state index in [2.05, 4.69) is 30.9 Å². The number of hydrogen-bond donors (Lipinski definition) is 3. The number of rotatable bonds is 9. The number of likely N-dealkylation sites (N-methyl/N-ethyl adjacent to an activating group) is 3. The Kier molecular flexibility index (Phi) is 15.5. The first-order valence-electron chi connectivity index (χ1n) is 10.4. The highest BCUT2D eigenvalue weighted by Crippen LogP contribution is 1.93. The van der Waals surface area contributed by atoms with E-state index in [4.69, 9.17) is 0 Å². The van der Waals surface area contributed by atoms with Crippen LogP contribution in [0, 0.1) is 0 Å². The maximum Gasteiger partial charge on any atom is 0.0416 e. The third-order valence-corrected chi connectivity index (χ3v) is 4.07. The van der Waals surface area contributed by atoms with E-state index in [9.17, 15) is 0 Å². The predicted octanol–water partition coefficient (Wildman–Crippen LogP) is 2.53. The van der Waals surface area contributed by atoms with Crippen LogP contribution >= 0.6 is 0 Å². The Morgan fingerprint density at radius 1 is 0.500 bits per heavy atom. The Bertz CT molecular complexity index is 619. The molecule has 3 heterocycles. The van der Waals surface area contributed by atoms with E-state index >= 15 is 0 Å². The second-order valence-electron chi connectivity index (χ2n) is 6.52. The second-order valence-corrected chi connectivity index (χ2v) is 6.52. The molecule has 0 aliphatic rings. The molecular formula is C24H36N6. The van der Waals surface area contributed by atoms with Crippen LogP contribution in [0.25, 0.3) is 0 Å². The van der Waals surface area contributed by atoms with Crippen LogP contribution < -0.4 is 16.0 Å². The predicted molar refractivity (Wildman–Crippen MR) is 126 cm³/mol. The van der Waals surface area contributed by atoms with Crippen LogP contribution in [0.2, 0.25) is 0 Å². The van der Waals surface area contributed by atoms with Crippen LogP contribution in [0.3, 0.4) is 0 Å². The summed E-state index contributed by atoms with van der Waals surface area (Å²) >= 11 is 0. The van der Waals surface area contributed by atoms with E-state index < -0.39 is 0 Å². The van der Waals surface area contributed by atoms with E-state index in [1.54, 1.807) is 0 Å². The van der Waals surface area contributed by atoms with Crippen LogP contribution in [0.15, 0.2) is 73.2 Å². The quantitative estimate of drug-likeness (QED) is 0.505. The summed E-state index contributed by atoms with van der Waals surface area (Å²) in [6.45, 7) is 2.99. The average molecular weight is 409 g/mol. The Hall–Kier alpha value is -2.67. The molecule has 0 unspecified atom stereocenters. The Morgan fingerprint density at radius 2 is 0.800 bits per heavy atom. The molecule has 0 saturated heterocycles. The van der Waals surface area contributed by atoms with Crippen LogP contribution in [-0.4, -0.2) is 55.7 Å². The Labute approximate surface area is 181 Å². The van der Waals surface area contributed by atoms with Gasteiger partial charge in [0.15, 0.2) is 0 Å². The van der Waals surface area contributed by atoms with Gasteiger partial charge in [-0.1, -0.05) is 18.2 Å². The van der Waals surface area contributed by atoms with Crippen molar-refractivity contribution in [3.05, 3.63) is 90.3 Å². The van der Waals surface area contributed by atoms with Gasteiger partial charge in [-0.15, -0.1) is 0 Å². The third-order valence-electron chi connectivity index (χ3n) is 4.07. The minimum atomic E-state index is 0.997. The van der Waals surface area contributed by atoms with Gasteiger partial charge in [-0.25, -0.2) is 0 Å². The zero-order chi connectivity index (χ0) is 21.7. The van der Waals surface area contributed by atoms with Crippen molar-refractivity contribution in [1.29, 1.82) is 0 Å². The lowest BCUT2D eigenvalue weighted by molar-refractivity contribution is 0.776. The molecule has 0 atom stereocenters. The first-order chi connectivity index (χ1) is 14.8. The number of aromatic nitrogens is 3. The lowest BCUT2D eigenvalue weighted by Gasteiger charge is -1.96. The summed E-state index contributed by atoms with van der Waals surface area (Å²) in [4.78, 5) is 12.5. The molecule has 3 N–H and O–H groups in total. The molecule has 0 radical (unpaired) electrons. The van der Waals surface area contributed by atoms with Gasteiger partial charge in [0, 0.05) is 74.6 Å². The van der Waals surface area contributed by atoms with Crippen LogP contribution in [0.5, 0.6) is 0 Å². The Morgan fingerprint density at radius 3 is 1.00 bits per heavy atom. The van der Waals surface area contributed by atoms with Crippen LogP contribution in [0.4, 0.5) is 0 Å². The minimum absolute atomic E-state index is 0.997. The zero-order valence-electron chi connectivity index (χ0n) is 18.5. The van der Waals surface area contributed by atoms with Gasteiger partial charge in [0.2, 0.25) is 0 Å². The first-order valence-corrected chi connectivity index (χ1v) is 10.4. The highest BCUT2D eigenvalue weighted by molar-refractivity contribution is 5.04. The maximum absolute atomic E-state index is 4.18. The third kappa shape index (κ3) is 13.5. The first kappa shape index (κ1) is 25.4. The summed E-state index contributed by atoms with van der Waals surface area (Å²) in [5, 5.41) is 9.23. The standard InChI is InChI=1S/3C8H12N2/c3*1-9-7-5-8-4-2-3-6-10-8/h3*2-4,6,9H,5,7H2,1H3. The lowest BCUT2D eigenvalue weighted by Crippen LogP contribution is -2.10. The van der Waals surface area contributed by atoms with E-state index in [-0.39, 0.29) is 0 Å². The van der Waals surface area contributed by atoms with E-state index in [1.165, 1.54) is 0 Å². The fourth-order valence-electron chi connectivity index (χ4n) is 2.40. The number of hydrogen-bond acceptors (Lipinski definition) is 6.